The highest BCUT2D eigenvalue weighted by atomic mass is 19.4. The van der Waals surface area contributed by atoms with Gasteiger partial charge in [-0.05, 0) is 31.5 Å². The number of aromatic nitrogens is 1. The van der Waals surface area contributed by atoms with E-state index in [1.807, 2.05) is 0 Å². The van der Waals surface area contributed by atoms with Gasteiger partial charge in [0.2, 0.25) is 0 Å². The number of pyridine rings is 1. The van der Waals surface area contributed by atoms with E-state index < -0.39 is 12.7 Å². The van der Waals surface area contributed by atoms with Gasteiger partial charge in [0.25, 0.3) is 0 Å². The highest BCUT2D eigenvalue weighted by molar-refractivity contribution is 5.41. The van der Waals surface area contributed by atoms with Crippen molar-refractivity contribution in [3.8, 4) is 0 Å². The Morgan fingerprint density at radius 3 is 2.59 bits per heavy atom. The van der Waals surface area contributed by atoms with Gasteiger partial charge in [0.1, 0.15) is 12.4 Å². The summed E-state index contributed by atoms with van der Waals surface area (Å²) in [6.07, 6.45) is -2.75. The Bertz CT molecular complexity index is 363. The summed E-state index contributed by atoms with van der Waals surface area (Å²) in [5.41, 5.74) is 6.46. The first-order valence-corrected chi connectivity index (χ1v) is 5.36. The Morgan fingerprint density at radius 1 is 1.47 bits per heavy atom. The number of anilines is 1. The third kappa shape index (κ3) is 4.22. The number of hydrogen-bond acceptors (Lipinski definition) is 3. The van der Waals surface area contributed by atoms with E-state index in [-0.39, 0.29) is 12.6 Å². The van der Waals surface area contributed by atoms with Crippen molar-refractivity contribution in [2.75, 3.05) is 18.0 Å². The van der Waals surface area contributed by atoms with Crippen LogP contribution in [0.15, 0.2) is 18.3 Å². The molecule has 6 heteroatoms. The molecule has 0 amide bonds. The Balaban J connectivity index is 2.92. The second-order valence-corrected chi connectivity index (χ2v) is 3.87. The van der Waals surface area contributed by atoms with Crippen molar-refractivity contribution in [2.24, 2.45) is 5.73 Å². The van der Waals surface area contributed by atoms with E-state index in [0.717, 1.165) is 5.56 Å². The summed E-state index contributed by atoms with van der Waals surface area (Å²) in [5, 5.41) is 0. The predicted octanol–water partition coefficient (Wildman–Crippen LogP) is 2.49. The minimum Gasteiger partial charge on any atom is -0.348 e. The second-order valence-electron chi connectivity index (χ2n) is 3.87. The number of nitrogens with zero attached hydrogens (tertiary/aromatic N) is 2. The van der Waals surface area contributed by atoms with Crippen LogP contribution in [0.1, 0.15) is 25.5 Å². The number of alkyl halides is 3. The SMILES string of the molecule is CCN(CC(F)(F)F)c1cc(C(C)N)ccn1. The fourth-order valence-electron chi connectivity index (χ4n) is 1.46. The van der Waals surface area contributed by atoms with Crippen molar-refractivity contribution in [1.29, 1.82) is 0 Å². The van der Waals surface area contributed by atoms with Crippen molar-refractivity contribution < 1.29 is 13.2 Å². The monoisotopic (exact) mass is 247 g/mol. The van der Waals surface area contributed by atoms with Gasteiger partial charge in [0.15, 0.2) is 0 Å². The fraction of sp³-hybridized carbons (Fsp3) is 0.545. The Morgan fingerprint density at radius 2 is 2.12 bits per heavy atom. The molecule has 96 valence electrons. The molecule has 0 aliphatic carbocycles. The lowest BCUT2D eigenvalue weighted by Crippen LogP contribution is -2.34. The Hall–Kier alpha value is -1.30. The first-order valence-electron chi connectivity index (χ1n) is 5.36. The highest BCUT2D eigenvalue weighted by Gasteiger charge is 2.30. The number of halogens is 3. The zero-order valence-corrected chi connectivity index (χ0v) is 9.83. The fourth-order valence-corrected chi connectivity index (χ4v) is 1.46. The average Bonchev–Trinajstić information content (AvgIpc) is 2.25. The van der Waals surface area contributed by atoms with Gasteiger partial charge in [-0.15, -0.1) is 0 Å². The molecule has 0 aromatic carbocycles. The van der Waals surface area contributed by atoms with E-state index in [4.69, 9.17) is 5.73 Å². The van der Waals surface area contributed by atoms with E-state index >= 15 is 0 Å². The number of rotatable bonds is 4. The lowest BCUT2D eigenvalue weighted by atomic mass is 10.1. The van der Waals surface area contributed by atoms with E-state index in [9.17, 15) is 13.2 Å². The molecule has 0 aliphatic rings. The molecule has 0 spiro atoms. The molecular weight excluding hydrogens is 231 g/mol. The predicted molar refractivity (Wildman–Crippen MR) is 60.8 cm³/mol. The molecule has 1 unspecified atom stereocenters. The molecule has 0 fully saturated rings. The molecule has 3 nitrogen and oxygen atoms in total. The largest absolute Gasteiger partial charge is 0.405 e. The maximum atomic E-state index is 12.3. The zero-order chi connectivity index (χ0) is 13.1. The molecule has 0 saturated heterocycles. The van der Waals surface area contributed by atoms with Crippen LogP contribution in [-0.4, -0.2) is 24.2 Å². The van der Waals surface area contributed by atoms with Crippen molar-refractivity contribution in [2.45, 2.75) is 26.1 Å². The van der Waals surface area contributed by atoms with Gasteiger partial charge in [-0.1, -0.05) is 0 Å². The van der Waals surface area contributed by atoms with Crippen LogP contribution in [0.3, 0.4) is 0 Å². The molecular formula is C11H16F3N3. The summed E-state index contributed by atoms with van der Waals surface area (Å²) >= 11 is 0. The molecule has 1 aromatic heterocycles. The third-order valence-electron chi connectivity index (χ3n) is 2.37. The van der Waals surface area contributed by atoms with Crippen molar-refractivity contribution in [3.05, 3.63) is 23.9 Å². The average molecular weight is 247 g/mol. The normalized spacial score (nSPS) is 13.5. The van der Waals surface area contributed by atoms with Gasteiger partial charge in [0, 0.05) is 18.8 Å². The van der Waals surface area contributed by atoms with E-state index in [1.165, 1.54) is 11.1 Å². The van der Waals surface area contributed by atoms with Crippen molar-refractivity contribution >= 4 is 5.82 Å². The van der Waals surface area contributed by atoms with E-state index in [0.29, 0.717) is 5.82 Å². The summed E-state index contributed by atoms with van der Waals surface area (Å²) in [6.45, 7) is 2.68. The third-order valence-corrected chi connectivity index (χ3v) is 2.37. The standard InChI is InChI=1S/C11H16F3N3/c1-3-17(7-11(12,13)14)10-6-9(8(2)15)4-5-16-10/h4-6,8H,3,7,15H2,1-2H3. The van der Waals surface area contributed by atoms with Gasteiger partial charge in [-0.3, -0.25) is 0 Å². The quantitative estimate of drug-likeness (QED) is 0.888. The van der Waals surface area contributed by atoms with Gasteiger partial charge >= 0.3 is 6.18 Å². The van der Waals surface area contributed by atoms with Crippen LogP contribution >= 0.6 is 0 Å². The van der Waals surface area contributed by atoms with Gasteiger partial charge in [-0.25, -0.2) is 4.98 Å². The van der Waals surface area contributed by atoms with Crippen LogP contribution < -0.4 is 10.6 Å². The summed E-state index contributed by atoms with van der Waals surface area (Å²) in [5.74, 6) is 0.305. The van der Waals surface area contributed by atoms with Crippen LogP contribution in [0.25, 0.3) is 0 Å². The molecule has 0 saturated carbocycles. The maximum Gasteiger partial charge on any atom is 0.405 e. The van der Waals surface area contributed by atoms with Crippen LogP contribution in [0.2, 0.25) is 0 Å². The van der Waals surface area contributed by atoms with Crippen LogP contribution in [0.5, 0.6) is 0 Å². The molecule has 1 rings (SSSR count). The van der Waals surface area contributed by atoms with Crippen molar-refractivity contribution in [1.82, 2.24) is 4.98 Å². The zero-order valence-electron chi connectivity index (χ0n) is 9.83. The molecule has 1 atom stereocenters. The smallest absolute Gasteiger partial charge is 0.348 e. The molecule has 0 aliphatic heterocycles. The number of nitrogens with two attached hydrogens (primary N) is 1. The first-order chi connectivity index (χ1) is 7.83. The molecule has 1 heterocycles. The maximum absolute atomic E-state index is 12.3. The lowest BCUT2D eigenvalue weighted by Gasteiger charge is -2.23. The number of hydrogen-bond donors (Lipinski definition) is 1. The molecule has 17 heavy (non-hydrogen) atoms. The minimum atomic E-state index is -4.23. The highest BCUT2D eigenvalue weighted by Crippen LogP contribution is 2.22. The van der Waals surface area contributed by atoms with Crippen LogP contribution in [0, 0.1) is 0 Å². The van der Waals surface area contributed by atoms with E-state index in [2.05, 4.69) is 4.98 Å². The Kier molecular flexibility index (Phi) is 4.34. The molecule has 1 aromatic rings. The minimum absolute atomic E-state index is 0.221. The summed E-state index contributed by atoms with van der Waals surface area (Å²) in [7, 11) is 0. The van der Waals surface area contributed by atoms with Crippen LogP contribution in [-0.2, 0) is 0 Å². The van der Waals surface area contributed by atoms with Gasteiger partial charge < -0.3 is 10.6 Å². The first kappa shape index (κ1) is 13.8. The second kappa shape index (κ2) is 5.35. The van der Waals surface area contributed by atoms with E-state index in [1.54, 1.807) is 26.0 Å². The van der Waals surface area contributed by atoms with Gasteiger partial charge in [0.05, 0.1) is 0 Å². The Labute approximate surface area is 98.4 Å². The molecule has 0 bridgehead atoms. The summed E-state index contributed by atoms with van der Waals surface area (Å²) in [4.78, 5) is 5.12. The van der Waals surface area contributed by atoms with Crippen molar-refractivity contribution in [3.63, 3.8) is 0 Å². The topological polar surface area (TPSA) is 42.1 Å². The summed E-state index contributed by atoms with van der Waals surface area (Å²) in [6, 6.07) is 3.08. The van der Waals surface area contributed by atoms with Crippen LogP contribution in [0.4, 0.5) is 19.0 Å². The summed E-state index contributed by atoms with van der Waals surface area (Å²) < 4.78 is 37.0. The lowest BCUT2D eigenvalue weighted by molar-refractivity contribution is -0.119. The van der Waals surface area contributed by atoms with Gasteiger partial charge in [-0.2, -0.15) is 13.2 Å². The molecule has 0 radical (unpaired) electrons. The molecule has 2 N–H and O–H groups in total.